The van der Waals surface area contributed by atoms with Crippen molar-refractivity contribution in [2.75, 3.05) is 4.31 Å². The molecule has 5 nitrogen and oxygen atoms in total. The van der Waals surface area contributed by atoms with Crippen LogP contribution >= 0.6 is 0 Å². The van der Waals surface area contributed by atoms with Gasteiger partial charge in [0, 0.05) is 6.20 Å². The van der Waals surface area contributed by atoms with E-state index in [2.05, 4.69) is 4.98 Å². The van der Waals surface area contributed by atoms with Crippen LogP contribution in [0.4, 0.5) is 10.1 Å². The molecule has 7 heteroatoms. The van der Waals surface area contributed by atoms with E-state index in [4.69, 9.17) is 0 Å². The first kappa shape index (κ1) is 18.2. The van der Waals surface area contributed by atoms with Crippen molar-refractivity contribution in [1.82, 2.24) is 9.38 Å². The Labute approximate surface area is 162 Å². The maximum Gasteiger partial charge on any atom is 0.239 e. The van der Waals surface area contributed by atoms with Crippen LogP contribution in [0.15, 0.2) is 85.2 Å². The van der Waals surface area contributed by atoms with Gasteiger partial charge in [0.25, 0.3) is 0 Å². The summed E-state index contributed by atoms with van der Waals surface area (Å²) < 4.78 is 42.9. The van der Waals surface area contributed by atoms with E-state index in [-0.39, 0.29) is 12.3 Å². The fraction of sp³-hybridized carbons (Fsp3) is 0.0952. The first-order chi connectivity index (χ1) is 13.5. The largest absolute Gasteiger partial charge is 0.302 e. The molecule has 0 aliphatic rings. The molecule has 142 valence electrons. The van der Waals surface area contributed by atoms with Crippen molar-refractivity contribution in [1.29, 1.82) is 0 Å². The number of rotatable bonds is 6. The lowest BCUT2D eigenvalue weighted by atomic mass is 10.2. The SMILES string of the molecule is O=S(=O)(Cc1ccc(F)cc1)N(Cc1cnc2ccccn12)c1ccccc1. The highest BCUT2D eigenvalue weighted by Gasteiger charge is 2.24. The van der Waals surface area contributed by atoms with Gasteiger partial charge in [-0.15, -0.1) is 0 Å². The number of aromatic nitrogens is 2. The number of hydrogen-bond donors (Lipinski definition) is 0. The van der Waals surface area contributed by atoms with Crippen LogP contribution in [0.2, 0.25) is 0 Å². The molecule has 0 saturated carbocycles. The molecule has 0 bridgehead atoms. The zero-order valence-corrected chi connectivity index (χ0v) is 15.8. The maximum absolute atomic E-state index is 13.3. The molecule has 2 aromatic heterocycles. The van der Waals surface area contributed by atoms with Gasteiger partial charge in [0.05, 0.1) is 29.9 Å². The van der Waals surface area contributed by atoms with Gasteiger partial charge < -0.3 is 4.40 Å². The molecule has 0 aliphatic carbocycles. The van der Waals surface area contributed by atoms with Crippen molar-refractivity contribution in [3.05, 3.63) is 102 Å². The molecule has 28 heavy (non-hydrogen) atoms. The number of sulfonamides is 1. The Morgan fingerprint density at radius 1 is 0.929 bits per heavy atom. The Hall–Kier alpha value is -3.19. The fourth-order valence-corrected chi connectivity index (χ4v) is 4.60. The van der Waals surface area contributed by atoms with Gasteiger partial charge in [-0.3, -0.25) is 4.31 Å². The smallest absolute Gasteiger partial charge is 0.239 e. The number of benzene rings is 2. The highest BCUT2D eigenvalue weighted by Crippen LogP contribution is 2.24. The van der Waals surface area contributed by atoms with Gasteiger partial charge in [-0.25, -0.2) is 17.8 Å². The number of para-hydroxylation sites is 1. The summed E-state index contributed by atoms with van der Waals surface area (Å²) in [6, 6.07) is 20.1. The molecule has 0 amide bonds. The van der Waals surface area contributed by atoms with E-state index in [0.717, 1.165) is 11.3 Å². The van der Waals surface area contributed by atoms with Crippen molar-refractivity contribution in [2.45, 2.75) is 12.3 Å². The summed E-state index contributed by atoms with van der Waals surface area (Å²) in [5, 5.41) is 0. The third kappa shape index (κ3) is 3.75. The third-order valence-corrected chi connectivity index (χ3v) is 6.15. The first-order valence-corrected chi connectivity index (χ1v) is 10.3. The second kappa shape index (κ2) is 7.44. The summed E-state index contributed by atoms with van der Waals surface area (Å²) in [5.41, 5.74) is 2.60. The molecule has 2 aromatic carbocycles. The van der Waals surface area contributed by atoms with E-state index in [9.17, 15) is 12.8 Å². The van der Waals surface area contributed by atoms with Crippen molar-refractivity contribution >= 4 is 21.4 Å². The molecular weight excluding hydrogens is 377 g/mol. The Kier molecular flexibility index (Phi) is 4.83. The van der Waals surface area contributed by atoms with Crippen LogP contribution in [0, 0.1) is 5.82 Å². The van der Waals surface area contributed by atoms with Crippen LogP contribution in [0.5, 0.6) is 0 Å². The zero-order chi connectivity index (χ0) is 19.6. The average Bonchev–Trinajstić information content (AvgIpc) is 3.11. The average molecular weight is 395 g/mol. The maximum atomic E-state index is 13.3. The summed E-state index contributed by atoms with van der Waals surface area (Å²) in [4.78, 5) is 4.34. The molecule has 0 atom stereocenters. The van der Waals surface area contributed by atoms with Crippen molar-refractivity contribution in [3.63, 3.8) is 0 Å². The highest BCUT2D eigenvalue weighted by molar-refractivity contribution is 7.92. The highest BCUT2D eigenvalue weighted by atomic mass is 32.2. The van der Waals surface area contributed by atoms with Gasteiger partial charge in [-0.2, -0.15) is 0 Å². The van der Waals surface area contributed by atoms with Crippen LogP contribution in [-0.2, 0) is 22.3 Å². The summed E-state index contributed by atoms with van der Waals surface area (Å²) in [5.74, 6) is -0.620. The zero-order valence-electron chi connectivity index (χ0n) is 14.9. The molecule has 0 aliphatic heterocycles. The molecule has 0 fully saturated rings. The minimum atomic E-state index is -3.72. The van der Waals surface area contributed by atoms with Crippen molar-refractivity contribution in [3.8, 4) is 0 Å². The second-order valence-electron chi connectivity index (χ2n) is 6.40. The molecule has 0 radical (unpaired) electrons. The van der Waals surface area contributed by atoms with E-state index >= 15 is 0 Å². The Balaban J connectivity index is 1.72. The van der Waals surface area contributed by atoms with Gasteiger partial charge in [0.2, 0.25) is 10.0 Å². The second-order valence-corrected chi connectivity index (χ2v) is 8.30. The normalized spacial score (nSPS) is 11.6. The molecule has 4 aromatic rings. The van der Waals surface area contributed by atoms with Crippen molar-refractivity contribution < 1.29 is 12.8 Å². The Morgan fingerprint density at radius 3 is 2.39 bits per heavy atom. The number of halogens is 1. The van der Waals surface area contributed by atoms with Crippen LogP contribution in [0.3, 0.4) is 0 Å². The topological polar surface area (TPSA) is 54.7 Å². The molecule has 0 unspecified atom stereocenters. The number of nitrogens with zero attached hydrogens (tertiary/aromatic N) is 3. The molecule has 2 heterocycles. The molecule has 0 saturated heterocycles. The van der Waals surface area contributed by atoms with Crippen LogP contribution in [0.1, 0.15) is 11.3 Å². The predicted octanol–water partition coefficient (Wildman–Crippen LogP) is 4.01. The van der Waals surface area contributed by atoms with Gasteiger partial charge in [0.15, 0.2) is 0 Å². The molecule has 0 spiro atoms. The van der Waals surface area contributed by atoms with Gasteiger partial charge in [-0.1, -0.05) is 36.4 Å². The number of imidazole rings is 1. The lowest BCUT2D eigenvalue weighted by Gasteiger charge is -2.24. The summed E-state index contributed by atoms with van der Waals surface area (Å²) in [6.45, 7) is 0.138. The summed E-state index contributed by atoms with van der Waals surface area (Å²) >= 11 is 0. The van der Waals surface area contributed by atoms with E-state index in [1.165, 1.54) is 28.6 Å². The number of anilines is 1. The fourth-order valence-electron chi connectivity index (χ4n) is 3.06. The summed E-state index contributed by atoms with van der Waals surface area (Å²) in [6.07, 6.45) is 3.53. The third-order valence-electron chi connectivity index (χ3n) is 4.44. The Bertz CT molecular complexity index is 1190. The minimum Gasteiger partial charge on any atom is -0.302 e. The standard InChI is InChI=1S/C21H18FN3O2S/c22-18-11-9-17(10-12-18)16-28(26,27)25(19-6-2-1-3-7-19)15-20-14-23-21-8-4-5-13-24(20)21/h1-14H,15-16H2. The predicted molar refractivity (Wildman–Crippen MR) is 107 cm³/mol. The van der Waals surface area contributed by atoms with Crippen LogP contribution in [-0.4, -0.2) is 17.8 Å². The van der Waals surface area contributed by atoms with E-state index in [0.29, 0.717) is 11.3 Å². The van der Waals surface area contributed by atoms with E-state index in [1.54, 1.807) is 30.5 Å². The number of pyridine rings is 1. The van der Waals surface area contributed by atoms with Crippen LogP contribution in [0.25, 0.3) is 5.65 Å². The number of fused-ring (bicyclic) bond motifs is 1. The quantitative estimate of drug-likeness (QED) is 0.496. The monoisotopic (exact) mass is 395 g/mol. The Morgan fingerprint density at radius 2 is 1.64 bits per heavy atom. The van der Waals surface area contributed by atoms with Gasteiger partial charge in [-0.05, 0) is 42.0 Å². The molecular formula is C21H18FN3O2S. The van der Waals surface area contributed by atoms with Gasteiger partial charge in [0.1, 0.15) is 11.5 Å². The lowest BCUT2D eigenvalue weighted by molar-refractivity contribution is 0.588. The minimum absolute atomic E-state index is 0.138. The summed E-state index contributed by atoms with van der Waals surface area (Å²) in [7, 11) is -3.72. The number of hydrogen-bond acceptors (Lipinski definition) is 3. The van der Waals surface area contributed by atoms with Crippen molar-refractivity contribution in [2.24, 2.45) is 0 Å². The molecule has 0 N–H and O–H groups in total. The lowest BCUT2D eigenvalue weighted by Crippen LogP contribution is -2.32. The van der Waals surface area contributed by atoms with Gasteiger partial charge >= 0.3 is 0 Å². The van der Waals surface area contributed by atoms with E-state index < -0.39 is 15.8 Å². The van der Waals surface area contributed by atoms with Crippen LogP contribution < -0.4 is 4.31 Å². The van der Waals surface area contributed by atoms with E-state index in [1.807, 2.05) is 34.9 Å². The first-order valence-electron chi connectivity index (χ1n) is 8.74. The molecule has 4 rings (SSSR count).